The molecule has 1 saturated heterocycles. The van der Waals surface area contributed by atoms with Crippen molar-refractivity contribution in [2.45, 2.75) is 71.8 Å². The molecule has 2 amide bonds. The Labute approximate surface area is 128 Å². The molecule has 3 atom stereocenters. The fourth-order valence-corrected chi connectivity index (χ4v) is 3.59. The highest BCUT2D eigenvalue weighted by Crippen LogP contribution is 2.36. The van der Waals surface area contributed by atoms with Gasteiger partial charge < -0.3 is 10.6 Å². The molecule has 2 rings (SSSR count). The van der Waals surface area contributed by atoms with Crippen LogP contribution >= 0.6 is 0 Å². The number of piperidine rings is 1. The maximum absolute atomic E-state index is 12.3. The number of nitrogens with one attached hydrogen (secondary N) is 2. The zero-order valence-electron chi connectivity index (χ0n) is 13.7. The monoisotopic (exact) mass is 294 g/mol. The number of rotatable bonds is 2. The van der Waals surface area contributed by atoms with Crippen molar-refractivity contribution in [3.63, 3.8) is 0 Å². The Hall–Kier alpha value is -1.06. The molecule has 0 aromatic rings. The number of hydrogen-bond donors (Lipinski definition) is 2. The summed E-state index contributed by atoms with van der Waals surface area (Å²) >= 11 is 0. The van der Waals surface area contributed by atoms with Crippen LogP contribution in [0.15, 0.2) is 0 Å². The van der Waals surface area contributed by atoms with E-state index in [1.807, 2.05) is 0 Å². The molecule has 1 saturated carbocycles. The summed E-state index contributed by atoms with van der Waals surface area (Å²) < 4.78 is 0. The van der Waals surface area contributed by atoms with Gasteiger partial charge in [-0.3, -0.25) is 9.59 Å². The van der Waals surface area contributed by atoms with Crippen molar-refractivity contribution in [3.8, 4) is 0 Å². The van der Waals surface area contributed by atoms with E-state index in [1.54, 1.807) is 0 Å². The highest BCUT2D eigenvalue weighted by Gasteiger charge is 2.30. The van der Waals surface area contributed by atoms with Crippen LogP contribution in [0.3, 0.4) is 0 Å². The van der Waals surface area contributed by atoms with Crippen LogP contribution in [0.2, 0.25) is 0 Å². The fourth-order valence-electron chi connectivity index (χ4n) is 3.59. The summed E-state index contributed by atoms with van der Waals surface area (Å²) in [6.45, 7) is 7.46. The molecule has 4 nitrogen and oxygen atoms in total. The van der Waals surface area contributed by atoms with Gasteiger partial charge in [-0.25, -0.2) is 0 Å². The molecule has 0 aromatic heterocycles. The van der Waals surface area contributed by atoms with E-state index in [2.05, 4.69) is 31.4 Å². The minimum Gasteiger partial charge on any atom is -0.355 e. The molecule has 120 valence electrons. The molecule has 0 spiro atoms. The Morgan fingerprint density at radius 1 is 1.14 bits per heavy atom. The van der Waals surface area contributed by atoms with Gasteiger partial charge in [0, 0.05) is 19.0 Å². The zero-order valence-corrected chi connectivity index (χ0v) is 13.7. The standard InChI is InChI=1S/C17H30N2O2/c1-17(2,3)13-5-4-6-14(9-8-13)19-16(21)12-7-10-15(20)18-11-12/h12-14H,4-11H2,1-3H3,(H,18,20)(H,19,21). The van der Waals surface area contributed by atoms with Gasteiger partial charge in [-0.15, -0.1) is 0 Å². The molecular formula is C17H30N2O2. The summed E-state index contributed by atoms with van der Waals surface area (Å²) in [4.78, 5) is 23.5. The largest absolute Gasteiger partial charge is 0.355 e. The van der Waals surface area contributed by atoms with Crippen molar-refractivity contribution in [1.29, 1.82) is 0 Å². The second-order valence-corrected chi connectivity index (χ2v) is 7.82. The lowest BCUT2D eigenvalue weighted by Crippen LogP contribution is -2.45. The van der Waals surface area contributed by atoms with E-state index in [0.717, 1.165) is 18.8 Å². The Morgan fingerprint density at radius 2 is 1.90 bits per heavy atom. The summed E-state index contributed by atoms with van der Waals surface area (Å²) in [6, 6.07) is 0.322. The minimum absolute atomic E-state index is 0.0376. The lowest BCUT2D eigenvalue weighted by atomic mass is 9.76. The van der Waals surface area contributed by atoms with Gasteiger partial charge in [-0.05, 0) is 43.4 Å². The van der Waals surface area contributed by atoms with Gasteiger partial charge >= 0.3 is 0 Å². The highest BCUT2D eigenvalue weighted by molar-refractivity contribution is 5.83. The van der Waals surface area contributed by atoms with Crippen molar-refractivity contribution < 1.29 is 9.59 Å². The molecule has 0 bridgehead atoms. The van der Waals surface area contributed by atoms with E-state index in [0.29, 0.717) is 30.8 Å². The molecule has 3 unspecified atom stereocenters. The molecule has 2 fully saturated rings. The van der Waals surface area contributed by atoms with Gasteiger partial charge in [0.15, 0.2) is 0 Å². The average molecular weight is 294 g/mol. The van der Waals surface area contributed by atoms with Crippen molar-refractivity contribution >= 4 is 11.8 Å². The van der Waals surface area contributed by atoms with Crippen LogP contribution in [0, 0.1) is 17.3 Å². The molecular weight excluding hydrogens is 264 g/mol. The summed E-state index contributed by atoms with van der Waals surface area (Å²) in [5.41, 5.74) is 0.368. The summed E-state index contributed by atoms with van der Waals surface area (Å²) in [5.74, 6) is 0.925. The van der Waals surface area contributed by atoms with Crippen molar-refractivity contribution in [1.82, 2.24) is 10.6 Å². The number of amides is 2. The first-order chi connectivity index (χ1) is 9.86. The van der Waals surface area contributed by atoms with Crippen molar-refractivity contribution in [3.05, 3.63) is 0 Å². The van der Waals surface area contributed by atoms with Crippen LogP contribution in [0.1, 0.15) is 65.7 Å². The molecule has 0 aromatic carbocycles. The van der Waals surface area contributed by atoms with E-state index in [1.165, 1.54) is 19.3 Å². The predicted molar refractivity (Wildman–Crippen MR) is 83.7 cm³/mol. The Morgan fingerprint density at radius 3 is 2.52 bits per heavy atom. The quantitative estimate of drug-likeness (QED) is 0.769. The van der Waals surface area contributed by atoms with Gasteiger partial charge in [0.1, 0.15) is 0 Å². The van der Waals surface area contributed by atoms with E-state index in [4.69, 9.17) is 0 Å². The first-order valence-electron chi connectivity index (χ1n) is 8.43. The summed E-state index contributed by atoms with van der Waals surface area (Å²) in [6.07, 6.45) is 7.04. The SMILES string of the molecule is CC(C)(C)C1CCCC(NC(=O)C2CCC(=O)NC2)CC1. The zero-order chi connectivity index (χ0) is 15.5. The van der Waals surface area contributed by atoms with Crippen molar-refractivity contribution in [2.75, 3.05) is 6.54 Å². The van der Waals surface area contributed by atoms with Gasteiger partial charge in [0.25, 0.3) is 0 Å². The van der Waals surface area contributed by atoms with Crippen LogP contribution in [0.4, 0.5) is 0 Å². The smallest absolute Gasteiger partial charge is 0.225 e. The van der Waals surface area contributed by atoms with Crippen LogP contribution in [0.25, 0.3) is 0 Å². The summed E-state index contributed by atoms with van der Waals surface area (Å²) in [5, 5.41) is 6.01. The average Bonchev–Trinajstić information content (AvgIpc) is 2.64. The Kier molecular flexibility index (Phi) is 5.28. The summed E-state index contributed by atoms with van der Waals surface area (Å²) in [7, 11) is 0. The molecule has 1 aliphatic heterocycles. The van der Waals surface area contributed by atoms with Gasteiger partial charge in [0.2, 0.25) is 11.8 Å². The maximum atomic E-state index is 12.3. The third-order valence-corrected chi connectivity index (χ3v) is 5.18. The molecule has 1 aliphatic carbocycles. The minimum atomic E-state index is -0.0376. The molecule has 2 N–H and O–H groups in total. The van der Waals surface area contributed by atoms with Crippen LogP contribution in [-0.2, 0) is 9.59 Å². The second-order valence-electron chi connectivity index (χ2n) is 7.82. The first kappa shape index (κ1) is 16.3. The lowest BCUT2D eigenvalue weighted by molar-refractivity contribution is -0.129. The van der Waals surface area contributed by atoms with Gasteiger partial charge in [0.05, 0.1) is 5.92 Å². The predicted octanol–water partition coefficient (Wildman–Crippen LogP) is 2.62. The molecule has 1 heterocycles. The van der Waals surface area contributed by atoms with Crippen molar-refractivity contribution in [2.24, 2.45) is 17.3 Å². The highest BCUT2D eigenvalue weighted by atomic mass is 16.2. The second kappa shape index (κ2) is 6.80. The van der Waals surface area contributed by atoms with E-state index < -0.39 is 0 Å². The normalized spacial score (nSPS) is 31.2. The first-order valence-corrected chi connectivity index (χ1v) is 8.43. The van der Waals surface area contributed by atoms with E-state index >= 15 is 0 Å². The number of carbonyl (C=O) groups is 2. The molecule has 0 radical (unpaired) electrons. The van der Waals surface area contributed by atoms with Crippen LogP contribution in [-0.4, -0.2) is 24.4 Å². The fraction of sp³-hybridized carbons (Fsp3) is 0.882. The maximum Gasteiger partial charge on any atom is 0.225 e. The number of carbonyl (C=O) groups excluding carboxylic acids is 2. The molecule has 21 heavy (non-hydrogen) atoms. The Balaban J connectivity index is 1.80. The topological polar surface area (TPSA) is 58.2 Å². The van der Waals surface area contributed by atoms with Gasteiger partial charge in [-0.1, -0.05) is 27.2 Å². The third kappa shape index (κ3) is 4.72. The Bertz CT molecular complexity index is 377. The van der Waals surface area contributed by atoms with Crippen LogP contribution in [0.5, 0.6) is 0 Å². The van der Waals surface area contributed by atoms with Gasteiger partial charge in [-0.2, -0.15) is 0 Å². The molecule has 2 aliphatic rings. The number of hydrogen-bond acceptors (Lipinski definition) is 2. The third-order valence-electron chi connectivity index (χ3n) is 5.18. The molecule has 4 heteroatoms. The van der Waals surface area contributed by atoms with E-state index in [-0.39, 0.29) is 17.7 Å². The lowest BCUT2D eigenvalue weighted by Gasteiger charge is -2.30. The van der Waals surface area contributed by atoms with Crippen LogP contribution < -0.4 is 10.6 Å². The van der Waals surface area contributed by atoms with E-state index in [9.17, 15) is 9.59 Å².